The van der Waals surface area contributed by atoms with E-state index in [4.69, 9.17) is 11.6 Å². The molecule has 1 N–H and O–H groups in total. The van der Waals surface area contributed by atoms with Crippen molar-refractivity contribution in [3.8, 4) is 0 Å². The van der Waals surface area contributed by atoms with E-state index >= 15 is 0 Å². The first-order chi connectivity index (χ1) is 12.2. The Morgan fingerprint density at radius 2 is 2.12 bits per heavy atom. The van der Waals surface area contributed by atoms with E-state index in [2.05, 4.69) is 55.9 Å². The first kappa shape index (κ1) is 15.2. The van der Waals surface area contributed by atoms with E-state index in [-0.39, 0.29) is 5.41 Å². The van der Waals surface area contributed by atoms with Crippen LogP contribution in [-0.4, -0.2) is 46.0 Å². The van der Waals surface area contributed by atoms with E-state index in [1.807, 2.05) is 0 Å². The lowest BCUT2D eigenvalue weighted by atomic mass is 9.82. The number of benzene rings is 1. The summed E-state index contributed by atoms with van der Waals surface area (Å²) < 4.78 is 0. The van der Waals surface area contributed by atoms with Gasteiger partial charge in [0.1, 0.15) is 17.8 Å². The maximum atomic E-state index is 6.43. The van der Waals surface area contributed by atoms with Gasteiger partial charge in [-0.25, -0.2) is 9.97 Å². The molecule has 128 valence electrons. The van der Waals surface area contributed by atoms with E-state index < -0.39 is 0 Å². The van der Waals surface area contributed by atoms with Crippen LogP contribution in [0, 0.1) is 0 Å². The van der Waals surface area contributed by atoms with Crippen LogP contribution in [0.15, 0.2) is 36.8 Å². The number of hydrogen-bond donors (Lipinski definition) is 1. The SMILES string of the molecule is CCN1CC[C@@]2(C1)CN(c1ncnc3[nH]cc(Cl)c13)c1ccccc12. The molecule has 0 radical (unpaired) electrons. The van der Waals surface area contributed by atoms with Gasteiger partial charge in [0.25, 0.3) is 0 Å². The highest BCUT2D eigenvalue weighted by Gasteiger charge is 2.47. The van der Waals surface area contributed by atoms with Gasteiger partial charge in [-0.05, 0) is 31.1 Å². The molecule has 2 aromatic heterocycles. The molecule has 2 aliphatic rings. The number of fused-ring (bicyclic) bond motifs is 3. The zero-order chi connectivity index (χ0) is 17.0. The molecule has 1 atom stereocenters. The summed E-state index contributed by atoms with van der Waals surface area (Å²) in [6.07, 6.45) is 4.59. The van der Waals surface area contributed by atoms with Crippen molar-refractivity contribution < 1.29 is 0 Å². The van der Waals surface area contributed by atoms with Gasteiger partial charge < -0.3 is 14.8 Å². The van der Waals surface area contributed by atoms with Gasteiger partial charge in [-0.3, -0.25) is 0 Å². The Hall–Kier alpha value is -2.11. The summed E-state index contributed by atoms with van der Waals surface area (Å²) in [5.41, 5.74) is 3.64. The fourth-order valence-corrected chi connectivity index (χ4v) is 4.74. The lowest BCUT2D eigenvalue weighted by Crippen LogP contribution is -2.35. The third-order valence-electron chi connectivity index (χ3n) is 5.76. The molecular weight excluding hydrogens is 334 g/mol. The number of rotatable bonds is 2. The molecule has 0 aliphatic carbocycles. The van der Waals surface area contributed by atoms with Crippen LogP contribution in [0.25, 0.3) is 11.0 Å². The Morgan fingerprint density at radius 3 is 2.96 bits per heavy atom. The molecule has 0 bridgehead atoms. The highest BCUT2D eigenvalue weighted by Crippen LogP contribution is 2.49. The summed E-state index contributed by atoms with van der Waals surface area (Å²) in [5, 5.41) is 1.58. The van der Waals surface area contributed by atoms with E-state index in [9.17, 15) is 0 Å². The Bertz CT molecular complexity index is 952. The zero-order valence-corrected chi connectivity index (χ0v) is 14.9. The number of aromatic amines is 1. The lowest BCUT2D eigenvalue weighted by Gasteiger charge is -2.26. The molecule has 1 spiro atoms. The third-order valence-corrected chi connectivity index (χ3v) is 6.06. The summed E-state index contributed by atoms with van der Waals surface area (Å²) >= 11 is 6.43. The predicted octanol–water partition coefficient (Wildman–Crippen LogP) is 3.73. The molecule has 2 aliphatic heterocycles. The van der Waals surface area contributed by atoms with E-state index in [0.29, 0.717) is 5.02 Å². The number of halogens is 1. The van der Waals surface area contributed by atoms with Crippen LogP contribution in [0.3, 0.4) is 0 Å². The van der Waals surface area contributed by atoms with E-state index in [1.165, 1.54) is 17.7 Å². The molecule has 0 unspecified atom stereocenters. The minimum Gasteiger partial charge on any atom is -0.344 e. The summed E-state index contributed by atoms with van der Waals surface area (Å²) in [7, 11) is 0. The van der Waals surface area contributed by atoms with Crippen molar-refractivity contribution in [2.75, 3.05) is 31.1 Å². The van der Waals surface area contributed by atoms with Crippen LogP contribution in [0.2, 0.25) is 5.02 Å². The van der Waals surface area contributed by atoms with Crippen LogP contribution in [0.1, 0.15) is 18.9 Å². The predicted molar refractivity (Wildman–Crippen MR) is 101 cm³/mol. The monoisotopic (exact) mass is 353 g/mol. The van der Waals surface area contributed by atoms with Gasteiger partial charge in [-0.15, -0.1) is 0 Å². The maximum absolute atomic E-state index is 6.43. The quantitative estimate of drug-likeness (QED) is 0.762. The molecule has 0 amide bonds. The van der Waals surface area contributed by atoms with Crippen LogP contribution >= 0.6 is 11.6 Å². The average molecular weight is 354 g/mol. The van der Waals surface area contributed by atoms with Crippen molar-refractivity contribution in [1.82, 2.24) is 19.9 Å². The molecule has 6 heteroatoms. The third kappa shape index (κ3) is 2.12. The minimum absolute atomic E-state index is 0.173. The van der Waals surface area contributed by atoms with Gasteiger partial charge in [0, 0.05) is 30.4 Å². The van der Waals surface area contributed by atoms with Gasteiger partial charge in [0.2, 0.25) is 0 Å². The lowest BCUT2D eigenvalue weighted by molar-refractivity contribution is 0.331. The summed E-state index contributed by atoms with van der Waals surface area (Å²) in [5.74, 6) is 0.899. The smallest absolute Gasteiger partial charge is 0.147 e. The first-order valence-electron chi connectivity index (χ1n) is 8.79. The van der Waals surface area contributed by atoms with Gasteiger partial charge in [-0.2, -0.15) is 0 Å². The van der Waals surface area contributed by atoms with Crippen molar-refractivity contribution in [3.05, 3.63) is 47.4 Å². The van der Waals surface area contributed by atoms with Crippen LogP contribution < -0.4 is 4.90 Å². The number of anilines is 2. The number of likely N-dealkylation sites (tertiary alicyclic amines) is 1. The molecule has 5 rings (SSSR count). The van der Waals surface area contributed by atoms with Crippen molar-refractivity contribution >= 4 is 34.1 Å². The molecule has 1 aromatic carbocycles. The Balaban J connectivity index is 1.67. The molecule has 4 heterocycles. The van der Waals surface area contributed by atoms with Gasteiger partial charge in [0.15, 0.2) is 0 Å². The number of aromatic nitrogens is 3. The average Bonchev–Trinajstić information content (AvgIpc) is 3.33. The fraction of sp³-hybridized carbons (Fsp3) is 0.368. The number of para-hydroxylation sites is 1. The molecular formula is C19H20ClN5. The molecule has 5 nitrogen and oxygen atoms in total. The zero-order valence-electron chi connectivity index (χ0n) is 14.2. The van der Waals surface area contributed by atoms with Crippen molar-refractivity contribution in [3.63, 3.8) is 0 Å². The van der Waals surface area contributed by atoms with Gasteiger partial charge in [-0.1, -0.05) is 36.7 Å². The fourth-order valence-electron chi connectivity index (χ4n) is 4.51. The van der Waals surface area contributed by atoms with Crippen LogP contribution in [-0.2, 0) is 5.41 Å². The standard InChI is InChI=1S/C19H20ClN5/c1-2-24-8-7-19(10-24)11-25(15-6-4-3-5-13(15)19)18-16-14(20)9-21-17(16)22-12-23-18/h3-6,9,12H,2,7-8,10-11H2,1H3,(H,21,22,23)/t19-/m1/s1. The second-order valence-corrected chi connectivity index (χ2v) is 7.47. The highest BCUT2D eigenvalue weighted by molar-refractivity contribution is 6.36. The van der Waals surface area contributed by atoms with Gasteiger partial charge >= 0.3 is 0 Å². The highest BCUT2D eigenvalue weighted by atomic mass is 35.5. The van der Waals surface area contributed by atoms with Crippen LogP contribution in [0.4, 0.5) is 11.5 Å². The number of H-pyrrole nitrogens is 1. The number of nitrogens with one attached hydrogen (secondary N) is 1. The molecule has 0 saturated carbocycles. The van der Waals surface area contributed by atoms with Crippen LogP contribution in [0.5, 0.6) is 0 Å². The van der Waals surface area contributed by atoms with E-state index in [1.54, 1.807) is 12.5 Å². The Labute approximate surface area is 151 Å². The molecule has 3 aromatic rings. The van der Waals surface area contributed by atoms with E-state index in [0.717, 1.165) is 43.0 Å². The number of hydrogen-bond acceptors (Lipinski definition) is 4. The minimum atomic E-state index is 0.173. The largest absolute Gasteiger partial charge is 0.344 e. The molecule has 25 heavy (non-hydrogen) atoms. The summed E-state index contributed by atoms with van der Waals surface area (Å²) in [6, 6.07) is 8.74. The number of nitrogens with zero attached hydrogens (tertiary/aromatic N) is 4. The topological polar surface area (TPSA) is 48.1 Å². The second-order valence-electron chi connectivity index (χ2n) is 7.06. The molecule has 1 fully saturated rings. The number of likely N-dealkylation sites (N-methyl/N-ethyl adjacent to an activating group) is 1. The van der Waals surface area contributed by atoms with Crippen molar-refractivity contribution in [1.29, 1.82) is 0 Å². The second kappa shape index (κ2) is 5.44. The van der Waals surface area contributed by atoms with Crippen molar-refractivity contribution in [2.24, 2.45) is 0 Å². The van der Waals surface area contributed by atoms with Crippen molar-refractivity contribution in [2.45, 2.75) is 18.8 Å². The Morgan fingerprint density at radius 1 is 1.24 bits per heavy atom. The normalized spacial score (nSPS) is 23.0. The summed E-state index contributed by atoms with van der Waals surface area (Å²) in [4.78, 5) is 16.9. The molecule has 1 saturated heterocycles. The first-order valence-corrected chi connectivity index (χ1v) is 9.17. The maximum Gasteiger partial charge on any atom is 0.147 e. The Kier molecular flexibility index (Phi) is 3.30. The van der Waals surface area contributed by atoms with Gasteiger partial charge in [0.05, 0.1) is 10.4 Å². The summed E-state index contributed by atoms with van der Waals surface area (Å²) in [6.45, 7) is 6.54.